The number of likely N-dealkylation sites (tertiary alicyclic amines) is 1. The van der Waals surface area contributed by atoms with Crippen LogP contribution in [0, 0.1) is 0 Å². The number of carboxylic acid groups (broad SMARTS) is 1. The molecule has 0 aliphatic carbocycles. The number of amides is 2. The molecule has 1 aromatic heterocycles. The predicted molar refractivity (Wildman–Crippen MR) is 136 cm³/mol. The summed E-state index contributed by atoms with van der Waals surface area (Å²) < 4.78 is 0.409. The van der Waals surface area contributed by atoms with Crippen LogP contribution in [0.4, 0.5) is 5.13 Å². The van der Waals surface area contributed by atoms with Crippen LogP contribution in [0.1, 0.15) is 18.5 Å². The second-order valence-corrected chi connectivity index (χ2v) is 11.6. The Morgan fingerprint density at radius 3 is 2.78 bits per heavy atom. The Kier molecular flexibility index (Phi) is 7.62. The minimum Gasteiger partial charge on any atom is -0.477 e. The van der Waals surface area contributed by atoms with Gasteiger partial charge >= 0.3 is 5.97 Å². The number of rotatable bonds is 8. The van der Waals surface area contributed by atoms with Crippen molar-refractivity contribution in [1.29, 1.82) is 0 Å². The van der Waals surface area contributed by atoms with Gasteiger partial charge in [0.05, 0.1) is 43.7 Å². The number of nitrogens with zero attached hydrogens (tertiary/aromatic N) is 4. The van der Waals surface area contributed by atoms with Gasteiger partial charge in [0.15, 0.2) is 10.0 Å². The molecule has 3 aliphatic heterocycles. The van der Waals surface area contributed by atoms with Gasteiger partial charge in [0.25, 0.3) is 5.91 Å². The summed E-state index contributed by atoms with van der Waals surface area (Å²) in [6.07, 6.45) is 3.10. The number of nitrogen functional groups attached to an aromatic ring is 1. The molecule has 5 atom stereocenters. The van der Waals surface area contributed by atoms with Crippen LogP contribution in [0.15, 0.2) is 34.0 Å². The van der Waals surface area contributed by atoms with E-state index in [-0.39, 0.29) is 28.7 Å². The number of carboxylic acids is 1. The van der Waals surface area contributed by atoms with Crippen molar-refractivity contribution in [3.05, 3.63) is 34.5 Å². The predicted octanol–water partition coefficient (Wildman–Crippen LogP) is -0.601. The van der Waals surface area contributed by atoms with Crippen LogP contribution in [0.3, 0.4) is 0 Å². The molecule has 2 saturated heterocycles. The lowest BCUT2D eigenvalue weighted by Gasteiger charge is -2.50. The number of fused-ring (bicyclic) bond motifs is 1. The van der Waals surface area contributed by atoms with Crippen molar-refractivity contribution in [2.75, 3.05) is 39.5 Å². The van der Waals surface area contributed by atoms with Crippen molar-refractivity contribution < 1.29 is 39.0 Å². The number of hydrogen-bond donors (Lipinski definition) is 5. The van der Waals surface area contributed by atoms with E-state index in [1.807, 2.05) is 7.05 Å². The number of thiazole rings is 1. The summed E-state index contributed by atoms with van der Waals surface area (Å²) in [6, 6.07) is 0. The first-order valence-electron chi connectivity index (χ1n) is 11.4. The standard InChI is InChI=1S/C22H28N6O7S2/c1-28(7-5-13(29)14(30)10-28)6-3-4-12-19(20(33)34)27-17(32)8-18(27)37-22(12,15-11-36-21(23)25-15)26-16(31)9-24-35-2/h3-4,9,11,13-14,18,29-30H,5-8,10H2,1-2H3,(H3-,23,25,26,31,33,34)/p+1/t13?,14-,18-,22?,28+/m0/s1. The van der Waals surface area contributed by atoms with E-state index in [1.165, 1.54) is 23.8 Å². The summed E-state index contributed by atoms with van der Waals surface area (Å²) in [5.74, 6) is -2.34. The zero-order valence-corrected chi connectivity index (χ0v) is 21.9. The number of aromatic nitrogens is 1. The Hall–Kier alpha value is -2.98. The maximum atomic E-state index is 12.8. The monoisotopic (exact) mass is 553 g/mol. The fourth-order valence-electron chi connectivity index (χ4n) is 4.74. The van der Waals surface area contributed by atoms with Gasteiger partial charge in [0, 0.05) is 17.4 Å². The molecule has 0 spiro atoms. The molecule has 2 fully saturated rings. The van der Waals surface area contributed by atoms with Crippen molar-refractivity contribution in [3.63, 3.8) is 0 Å². The molecule has 0 saturated carbocycles. The lowest BCUT2D eigenvalue weighted by molar-refractivity contribution is -0.913. The maximum absolute atomic E-state index is 12.8. The molecule has 13 nitrogen and oxygen atoms in total. The van der Waals surface area contributed by atoms with E-state index in [1.54, 1.807) is 17.5 Å². The highest BCUT2D eigenvalue weighted by molar-refractivity contribution is 8.01. The average Bonchev–Trinajstić information content (AvgIpc) is 3.27. The molecule has 1 aromatic rings. The molecule has 2 unspecified atom stereocenters. The third-order valence-corrected chi connectivity index (χ3v) is 8.83. The van der Waals surface area contributed by atoms with Crippen LogP contribution in [0.25, 0.3) is 0 Å². The SMILES string of the molecule is CON=CC(=O)NC1(c2csc(N)n2)S[C@H]2CC(=O)N2C(C(=O)O)=C1C=CC[N@+]1(C)CCC(O)[C@@H](O)C1. The largest absolute Gasteiger partial charge is 0.477 e. The average molecular weight is 554 g/mol. The van der Waals surface area contributed by atoms with E-state index in [9.17, 15) is 29.7 Å². The number of nitrogens with one attached hydrogen (secondary N) is 1. The second-order valence-electron chi connectivity index (χ2n) is 9.30. The van der Waals surface area contributed by atoms with Crippen molar-refractivity contribution >= 4 is 52.2 Å². The fourth-order valence-corrected chi connectivity index (χ4v) is 7.06. The molecule has 15 heteroatoms. The molecule has 0 aromatic carbocycles. The lowest BCUT2D eigenvalue weighted by atomic mass is 9.96. The highest BCUT2D eigenvalue weighted by Crippen LogP contribution is 2.54. The number of aliphatic hydroxyl groups is 2. The van der Waals surface area contributed by atoms with E-state index in [0.29, 0.717) is 36.2 Å². The van der Waals surface area contributed by atoms with Gasteiger partial charge in [-0.25, -0.2) is 9.78 Å². The smallest absolute Gasteiger partial charge is 0.353 e. The molecule has 200 valence electrons. The zero-order chi connectivity index (χ0) is 27.0. The number of oxime groups is 1. The van der Waals surface area contributed by atoms with Crippen LogP contribution >= 0.6 is 23.1 Å². The topological polar surface area (TPSA) is 188 Å². The lowest BCUT2D eigenvalue weighted by Crippen LogP contribution is -2.60. The quantitative estimate of drug-likeness (QED) is 0.120. The van der Waals surface area contributed by atoms with Gasteiger partial charge in [0.2, 0.25) is 5.91 Å². The number of hydrogen-bond acceptors (Lipinski definition) is 11. The van der Waals surface area contributed by atoms with Gasteiger partial charge < -0.3 is 35.7 Å². The van der Waals surface area contributed by atoms with Gasteiger partial charge in [-0.15, -0.1) is 11.3 Å². The number of aliphatic hydroxyl groups excluding tert-OH is 2. The van der Waals surface area contributed by atoms with Crippen LogP contribution in [0.5, 0.6) is 0 Å². The Morgan fingerprint density at radius 2 is 2.19 bits per heavy atom. The van der Waals surface area contributed by atoms with E-state index < -0.39 is 34.3 Å². The van der Waals surface area contributed by atoms with Crippen LogP contribution < -0.4 is 11.1 Å². The van der Waals surface area contributed by atoms with Crippen LogP contribution in [0.2, 0.25) is 0 Å². The maximum Gasteiger partial charge on any atom is 0.353 e. The molecule has 4 heterocycles. The van der Waals surface area contributed by atoms with Gasteiger partial charge in [-0.1, -0.05) is 23.0 Å². The van der Waals surface area contributed by atoms with Crippen LogP contribution in [-0.4, -0.2) is 105 Å². The van der Waals surface area contributed by atoms with Crippen molar-refractivity contribution in [3.8, 4) is 0 Å². The number of aliphatic carboxylic acids is 1. The van der Waals surface area contributed by atoms with Gasteiger partial charge in [-0.05, 0) is 6.08 Å². The number of carbonyl (C=O) groups is 3. The summed E-state index contributed by atoms with van der Waals surface area (Å²) in [7, 11) is 3.21. The van der Waals surface area contributed by atoms with Crippen molar-refractivity contribution in [1.82, 2.24) is 15.2 Å². The first-order valence-corrected chi connectivity index (χ1v) is 13.2. The van der Waals surface area contributed by atoms with E-state index in [4.69, 9.17) is 5.73 Å². The Balaban J connectivity index is 1.81. The summed E-state index contributed by atoms with van der Waals surface area (Å²) in [6.45, 7) is 1.32. The Labute approximate surface area is 220 Å². The summed E-state index contributed by atoms with van der Waals surface area (Å²) in [5.41, 5.74) is 6.10. The van der Waals surface area contributed by atoms with Gasteiger partial charge in [0.1, 0.15) is 31.7 Å². The molecule has 37 heavy (non-hydrogen) atoms. The number of β-lactam (4-membered cyclic amide) rings is 1. The Bertz CT molecular complexity index is 1190. The van der Waals surface area contributed by atoms with E-state index in [2.05, 4.69) is 20.3 Å². The van der Waals surface area contributed by atoms with Crippen molar-refractivity contribution in [2.24, 2.45) is 5.16 Å². The van der Waals surface area contributed by atoms with Gasteiger partial charge in [-0.3, -0.25) is 14.5 Å². The van der Waals surface area contributed by atoms with E-state index >= 15 is 0 Å². The first-order chi connectivity index (χ1) is 17.5. The summed E-state index contributed by atoms with van der Waals surface area (Å²) in [4.78, 5) is 46.5. The van der Waals surface area contributed by atoms with Crippen molar-refractivity contribution in [2.45, 2.75) is 35.3 Å². The minimum absolute atomic E-state index is 0.0943. The Morgan fingerprint density at radius 1 is 1.43 bits per heavy atom. The fraction of sp³-hybridized carbons (Fsp3) is 0.500. The highest BCUT2D eigenvalue weighted by Gasteiger charge is 2.56. The molecule has 0 radical (unpaired) electrons. The van der Waals surface area contributed by atoms with Crippen LogP contribution in [-0.2, 0) is 24.1 Å². The minimum atomic E-state index is -1.49. The number of quaternary nitrogens is 1. The second kappa shape index (κ2) is 10.4. The molecular weight excluding hydrogens is 524 g/mol. The van der Waals surface area contributed by atoms with E-state index in [0.717, 1.165) is 17.6 Å². The first kappa shape index (κ1) is 27.1. The number of piperidine rings is 1. The number of carbonyl (C=O) groups excluding carboxylic acids is 2. The number of thioether (sulfide) groups is 1. The van der Waals surface area contributed by atoms with Gasteiger partial charge in [-0.2, -0.15) is 0 Å². The number of nitrogens with two attached hydrogens (primary N) is 1. The molecule has 2 amide bonds. The third-order valence-electron chi connectivity index (χ3n) is 6.62. The molecular formula is C22H29N6O7S2+. The molecule has 0 bridgehead atoms. The number of anilines is 1. The third kappa shape index (κ3) is 5.22. The number of likely N-dealkylation sites (N-methyl/N-ethyl adjacent to an activating group) is 1. The summed E-state index contributed by atoms with van der Waals surface area (Å²) in [5, 5.41) is 37.9. The molecule has 6 N–H and O–H groups in total. The molecule has 4 rings (SSSR count). The zero-order valence-electron chi connectivity index (χ0n) is 20.2. The highest BCUT2D eigenvalue weighted by atomic mass is 32.2. The normalized spacial score (nSPS) is 31.9. The summed E-state index contributed by atoms with van der Waals surface area (Å²) >= 11 is 2.32. The molecule has 3 aliphatic rings.